The molecule has 0 saturated heterocycles. The molecule has 3 aromatic rings. The monoisotopic (exact) mass is 558 g/mol. The van der Waals surface area contributed by atoms with Crippen LogP contribution in [0.1, 0.15) is 67.8 Å². The molecule has 220 valence electrons. The first-order valence-corrected chi connectivity index (χ1v) is 15.1. The molecule has 2 aromatic carbocycles. The van der Waals surface area contributed by atoms with Crippen molar-refractivity contribution in [2.45, 2.75) is 78.4 Å². The van der Waals surface area contributed by atoms with Crippen LogP contribution in [0.25, 0.3) is 0 Å². The van der Waals surface area contributed by atoms with Crippen molar-refractivity contribution in [3.8, 4) is 0 Å². The second-order valence-electron chi connectivity index (χ2n) is 11.1. The average molecular weight is 559 g/mol. The molecule has 0 bridgehead atoms. The van der Waals surface area contributed by atoms with Crippen molar-refractivity contribution in [1.29, 1.82) is 0 Å². The number of rotatable bonds is 13. The van der Waals surface area contributed by atoms with Crippen molar-refractivity contribution in [3.63, 3.8) is 0 Å². The van der Waals surface area contributed by atoms with Gasteiger partial charge in [0, 0.05) is 49.9 Å². The number of anilines is 1. The zero-order valence-corrected chi connectivity index (χ0v) is 25.0. The van der Waals surface area contributed by atoms with Crippen LogP contribution >= 0.6 is 0 Å². The maximum atomic E-state index is 14.1. The summed E-state index contributed by atoms with van der Waals surface area (Å²) in [4.78, 5) is 31.3. The molecule has 4 rings (SSSR count). The Morgan fingerprint density at radius 2 is 1.78 bits per heavy atom. The van der Waals surface area contributed by atoms with Crippen molar-refractivity contribution >= 4 is 17.6 Å². The molecule has 1 aliphatic rings. The maximum Gasteiger partial charge on any atom is 0.322 e. The van der Waals surface area contributed by atoms with Crippen molar-refractivity contribution in [1.82, 2.24) is 14.4 Å². The SMILES string of the molecule is CCOCCCN(CC(=O)N(Cc1cccn1Cc1ccccc1)C1CCCCC1)C(=O)Nc1ccc(C)cc1C. The summed E-state index contributed by atoms with van der Waals surface area (Å²) in [6.45, 7) is 8.96. The lowest BCUT2D eigenvalue weighted by atomic mass is 9.94. The quantitative estimate of drug-likeness (QED) is 0.235. The summed E-state index contributed by atoms with van der Waals surface area (Å²) in [5.74, 6) is -0.00320. The van der Waals surface area contributed by atoms with Crippen LogP contribution < -0.4 is 5.32 Å². The topological polar surface area (TPSA) is 66.8 Å². The highest BCUT2D eigenvalue weighted by atomic mass is 16.5. The first-order valence-electron chi connectivity index (χ1n) is 15.1. The minimum Gasteiger partial charge on any atom is -0.382 e. The average Bonchev–Trinajstić information content (AvgIpc) is 3.42. The van der Waals surface area contributed by atoms with Gasteiger partial charge in [0.15, 0.2) is 0 Å². The lowest BCUT2D eigenvalue weighted by Crippen LogP contribution is -2.48. The molecule has 1 aliphatic carbocycles. The van der Waals surface area contributed by atoms with Crippen LogP contribution in [-0.2, 0) is 22.6 Å². The highest BCUT2D eigenvalue weighted by Crippen LogP contribution is 2.25. The molecule has 1 fully saturated rings. The fourth-order valence-electron chi connectivity index (χ4n) is 5.67. The summed E-state index contributed by atoms with van der Waals surface area (Å²) >= 11 is 0. The van der Waals surface area contributed by atoms with E-state index in [-0.39, 0.29) is 24.5 Å². The molecule has 1 saturated carbocycles. The van der Waals surface area contributed by atoms with Crippen LogP contribution in [-0.4, -0.2) is 58.7 Å². The first kappa shape index (κ1) is 30.4. The van der Waals surface area contributed by atoms with E-state index < -0.39 is 0 Å². The van der Waals surface area contributed by atoms with Crippen molar-refractivity contribution < 1.29 is 14.3 Å². The normalized spacial score (nSPS) is 13.6. The Balaban J connectivity index is 1.52. The largest absolute Gasteiger partial charge is 0.382 e. The van der Waals surface area contributed by atoms with Gasteiger partial charge < -0.3 is 24.4 Å². The van der Waals surface area contributed by atoms with E-state index in [1.54, 1.807) is 4.90 Å². The Labute approximate surface area is 245 Å². The third-order valence-corrected chi connectivity index (χ3v) is 7.95. The van der Waals surface area contributed by atoms with Gasteiger partial charge in [-0.15, -0.1) is 0 Å². The van der Waals surface area contributed by atoms with Crippen molar-refractivity contribution in [2.24, 2.45) is 0 Å². The molecule has 7 heteroatoms. The number of aromatic nitrogens is 1. The van der Waals surface area contributed by atoms with Gasteiger partial charge in [-0.3, -0.25) is 4.79 Å². The number of nitrogens with one attached hydrogen (secondary N) is 1. The number of benzene rings is 2. The van der Waals surface area contributed by atoms with E-state index in [0.29, 0.717) is 32.7 Å². The van der Waals surface area contributed by atoms with E-state index in [4.69, 9.17) is 4.74 Å². The predicted molar refractivity (Wildman–Crippen MR) is 165 cm³/mol. The van der Waals surface area contributed by atoms with Crippen LogP contribution in [0.15, 0.2) is 66.9 Å². The van der Waals surface area contributed by atoms with Crippen LogP contribution in [0.3, 0.4) is 0 Å². The zero-order chi connectivity index (χ0) is 29.0. The van der Waals surface area contributed by atoms with Crippen molar-refractivity contribution in [3.05, 3.63) is 89.2 Å². The van der Waals surface area contributed by atoms with Crippen molar-refractivity contribution in [2.75, 3.05) is 31.6 Å². The molecular formula is C34H46N4O3. The third kappa shape index (κ3) is 8.95. The second-order valence-corrected chi connectivity index (χ2v) is 11.1. The fourth-order valence-corrected chi connectivity index (χ4v) is 5.67. The minimum absolute atomic E-state index is 0.00320. The highest BCUT2D eigenvalue weighted by molar-refractivity contribution is 5.93. The molecule has 0 radical (unpaired) electrons. The lowest BCUT2D eigenvalue weighted by Gasteiger charge is -2.36. The summed E-state index contributed by atoms with van der Waals surface area (Å²) in [6, 6.07) is 20.5. The molecule has 41 heavy (non-hydrogen) atoms. The van der Waals surface area contributed by atoms with Gasteiger partial charge in [0.1, 0.15) is 6.54 Å². The number of carbonyl (C=O) groups excluding carboxylic acids is 2. The van der Waals surface area contributed by atoms with Gasteiger partial charge >= 0.3 is 6.03 Å². The number of hydrogen-bond acceptors (Lipinski definition) is 3. The Hall–Kier alpha value is -3.58. The third-order valence-electron chi connectivity index (χ3n) is 7.95. The molecule has 0 unspecified atom stereocenters. The molecule has 0 atom stereocenters. The Kier molecular flexibility index (Phi) is 11.4. The van der Waals surface area contributed by atoms with Gasteiger partial charge in [0.2, 0.25) is 5.91 Å². The second kappa shape index (κ2) is 15.4. The molecule has 1 aromatic heterocycles. The molecule has 1 N–H and O–H groups in total. The van der Waals surface area contributed by atoms with E-state index in [1.807, 2.05) is 43.9 Å². The first-order chi connectivity index (χ1) is 19.9. The van der Waals surface area contributed by atoms with E-state index in [0.717, 1.165) is 54.7 Å². The number of ether oxygens (including phenoxy) is 1. The van der Waals surface area contributed by atoms with E-state index in [9.17, 15) is 9.59 Å². The molecule has 7 nitrogen and oxygen atoms in total. The highest BCUT2D eigenvalue weighted by Gasteiger charge is 2.29. The Morgan fingerprint density at radius 3 is 2.51 bits per heavy atom. The van der Waals surface area contributed by atoms with Crippen LogP contribution in [0.2, 0.25) is 0 Å². The van der Waals surface area contributed by atoms with E-state index in [2.05, 4.69) is 58.5 Å². The van der Waals surface area contributed by atoms with Crippen LogP contribution in [0.4, 0.5) is 10.5 Å². The van der Waals surface area contributed by atoms with E-state index >= 15 is 0 Å². The van der Waals surface area contributed by atoms with Gasteiger partial charge in [-0.05, 0) is 69.4 Å². The minimum atomic E-state index is -0.252. The summed E-state index contributed by atoms with van der Waals surface area (Å²) < 4.78 is 7.76. The van der Waals surface area contributed by atoms with Gasteiger partial charge in [-0.1, -0.05) is 67.3 Å². The predicted octanol–water partition coefficient (Wildman–Crippen LogP) is 6.78. The molecule has 0 spiro atoms. The van der Waals surface area contributed by atoms with Gasteiger partial charge in [0.05, 0.1) is 6.54 Å². The summed E-state index contributed by atoms with van der Waals surface area (Å²) in [5.41, 5.74) is 5.25. The number of aryl methyl sites for hydroxylation is 2. The maximum absolute atomic E-state index is 14.1. The molecular weight excluding hydrogens is 512 g/mol. The number of amides is 3. The zero-order valence-electron chi connectivity index (χ0n) is 25.0. The standard InChI is InChI=1S/C34H46N4O3/c1-4-41-22-12-21-37(34(40)35-32-19-18-27(2)23-28(32)3)26-33(39)38(30-15-9-6-10-16-30)25-31-17-11-20-36(31)24-29-13-7-5-8-14-29/h5,7-8,11,13-14,17-20,23,30H,4,6,9-10,12,15-16,21-22,24-26H2,1-3H3,(H,35,40). The van der Waals surface area contributed by atoms with Crippen LogP contribution in [0, 0.1) is 13.8 Å². The number of urea groups is 1. The Bertz CT molecular complexity index is 1250. The number of hydrogen-bond donors (Lipinski definition) is 1. The smallest absolute Gasteiger partial charge is 0.322 e. The number of nitrogens with zero attached hydrogens (tertiary/aromatic N) is 3. The van der Waals surface area contributed by atoms with E-state index in [1.165, 1.54) is 12.0 Å². The summed E-state index contributed by atoms with van der Waals surface area (Å²) in [5, 5.41) is 3.06. The van der Waals surface area contributed by atoms with Crippen LogP contribution in [0.5, 0.6) is 0 Å². The van der Waals surface area contributed by atoms with Gasteiger partial charge in [0.25, 0.3) is 0 Å². The molecule has 1 heterocycles. The number of carbonyl (C=O) groups is 2. The Morgan fingerprint density at radius 1 is 1.00 bits per heavy atom. The molecule has 0 aliphatic heterocycles. The lowest BCUT2D eigenvalue weighted by molar-refractivity contribution is -0.135. The van der Waals surface area contributed by atoms with Gasteiger partial charge in [-0.25, -0.2) is 4.79 Å². The molecule has 3 amide bonds. The fraction of sp³-hybridized carbons (Fsp3) is 0.471. The van der Waals surface area contributed by atoms with Gasteiger partial charge in [-0.2, -0.15) is 0 Å². The summed E-state index contributed by atoms with van der Waals surface area (Å²) in [7, 11) is 0. The summed E-state index contributed by atoms with van der Waals surface area (Å²) in [6.07, 6.45) is 8.24.